The second-order valence-corrected chi connectivity index (χ2v) is 8.26. The normalized spacial score (nSPS) is 17.2. The molecule has 0 unspecified atom stereocenters. The number of hydrogen-bond acceptors (Lipinski definition) is 6. The summed E-state index contributed by atoms with van der Waals surface area (Å²) in [6.07, 6.45) is 1.69. The molecule has 0 spiro atoms. The monoisotopic (exact) mass is 418 g/mol. The first-order valence-electron chi connectivity index (χ1n) is 10.1. The Morgan fingerprint density at radius 3 is 2.43 bits per heavy atom. The van der Waals surface area contributed by atoms with Crippen molar-refractivity contribution in [3.63, 3.8) is 0 Å². The molecular formula is C21H28BFN2O5. The molecule has 1 aliphatic heterocycles. The molecule has 7 nitrogen and oxygen atoms in total. The molecule has 30 heavy (non-hydrogen) atoms. The van der Waals surface area contributed by atoms with E-state index in [9.17, 15) is 4.79 Å². The molecular weight excluding hydrogens is 390 g/mol. The van der Waals surface area contributed by atoms with Crippen LogP contribution in [-0.2, 0) is 9.31 Å². The van der Waals surface area contributed by atoms with Gasteiger partial charge in [-0.3, -0.25) is 4.79 Å². The van der Waals surface area contributed by atoms with Crippen molar-refractivity contribution in [2.75, 3.05) is 13.7 Å². The number of methoxy groups -OCH3 is 1. The number of halogens is 1. The van der Waals surface area contributed by atoms with Gasteiger partial charge in [0.2, 0.25) is 0 Å². The minimum Gasteiger partial charge on any atom is -0.497 e. The van der Waals surface area contributed by atoms with E-state index in [1.54, 1.807) is 0 Å². The summed E-state index contributed by atoms with van der Waals surface area (Å²) >= 11 is 0. The number of unbranched alkanes of at least 4 members (excludes halogenated alkanes) is 1. The van der Waals surface area contributed by atoms with Crippen molar-refractivity contribution in [2.45, 2.75) is 58.7 Å². The van der Waals surface area contributed by atoms with E-state index in [0.29, 0.717) is 17.9 Å². The van der Waals surface area contributed by atoms with E-state index < -0.39 is 29.7 Å². The summed E-state index contributed by atoms with van der Waals surface area (Å²) < 4.78 is 39.0. The van der Waals surface area contributed by atoms with Crippen LogP contribution in [0.5, 0.6) is 11.5 Å². The lowest BCUT2D eigenvalue weighted by Crippen LogP contribution is -2.41. The zero-order chi connectivity index (χ0) is 22.1. The van der Waals surface area contributed by atoms with Gasteiger partial charge in [0.1, 0.15) is 11.4 Å². The van der Waals surface area contributed by atoms with E-state index in [1.165, 1.54) is 31.4 Å². The molecule has 1 fully saturated rings. The molecule has 9 heteroatoms. The Kier molecular flexibility index (Phi) is 6.24. The van der Waals surface area contributed by atoms with E-state index in [0.717, 1.165) is 17.5 Å². The lowest BCUT2D eigenvalue weighted by molar-refractivity contribution is 0.00578. The number of ether oxygens (including phenoxy) is 2. The van der Waals surface area contributed by atoms with E-state index in [1.807, 2.05) is 34.6 Å². The Balaban J connectivity index is 2.03. The standard InChI is InChI=1S/C21H28BFN2O5/c1-7-8-11-28-16-13-14(27-6)12-15(19(16)23)25-18(26)10-9-17(24-25)22-29-20(2,3)21(4,5)30-22/h9-10,12-13H,7-8,11H2,1-6H3. The zero-order valence-electron chi connectivity index (χ0n) is 18.3. The highest BCUT2D eigenvalue weighted by atomic mass is 19.1. The maximum Gasteiger partial charge on any atom is 0.516 e. The predicted octanol–water partition coefficient (Wildman–Crippen LogP) is 2.86. The fraction of sp³-hybridized carbons (Fsp3) is 0.524. The zero-order valence-corrected chi connectivity index (χ0v) is 18.3. The van der Waals surface area contributed by atoms with Crippen LogP contribution in [0.3, 0.4) is 0 Å². The highest BCUT2D eigenvalue weighted by molar-refractivity contribution is 6.61. The smallest absolute Gasteiger partial charge is 0.497 e. The Labute approximate surface area is 176 Å². The summed E-state index contributed by atoms with van der Waals surface area (Å²) in [7, 11) is 0.680. The largest absolute Gasteiger partial charge is 0.516 e. The summed E-state index contributed by atoms with van der Waals surface area (Å²) in [5.41, 5.74) is -1.33. The molecule has 0 atom stereocenters. The van der Waals surface area contributed by atoms with E-state index in [-0.39, 0.29) is 11.4 Å². The third-order valence-corrected chi connectivity index (χ3v) is 5.53. The highest BCUT2D eigenvalue weighted by Gasteiger charge is 2.52. The second-order valence-electron chi connectivity index (χ2n) is 8.26. The summed E-state index contributed by atoms with van der Waals surface area (Å²) in [6.45, 7) is 10.1. The molecule has 1 saturated heterocycles. The highest BCUT2D eigenvalue weighted by Crippen LogP contribution is 2.36. The molecule has 0 saturated carbocycles. The summed E-state index contributed by atoms with van der Waals surface area (Å²) in [5.74, 6) is -0.326. The first-order chi connectivity index (χ1) is 14.1. The first-order valence-corrected chi connectivity index (χ1v) is 10.1. The molecule has 2 heterocycles. The number of benzene rings is 1. The van der Waals surface area contributed by atoms with Crippen molar-refractivity contribution >= 4 is 12.7 Å². The van der Waals surface area contributed by atoms with Gasteiger partial charge in [-0.1, -0.05) is 13.3 Å². The van der Waals surface area contributed by atoms with E-state index in [2.05, 4.69) is 5.10 Å². The van der Waals surface area contributed by atoms with Crippen LogP contribution in [0.1, 0.15) is 47.5 Å². The van der Waals surface area contributed by atoms with Crippen LogP contribution < -0.4 is 20.6 Å². The van der Waals surface area contributed by atoms with Crippen molar-refractivity contribution in [2.24, 2.45) is 0 Å². The number of aromatic nitrogens is 2. The Bertz CT molecular complexity index is 960. The minimum atomic E-state index is -0.782. The molecule has 0 aliphatic carbocycles. The van der Waals surface area contributed by atoms with Gasteiger partial charge in [-0.25, -0.2) is 4.39 Å². The molecule has 2 aromatic rings. The average molecular weight is 418 g/mol. The van der Waals surface area contributed by atoms with Crippen LogP contribution in [0.2, 0.25) is 0 Å². The topological polar surface area (TPSA) is 71.8 Å². The van der Waals surface area contributed by atoms with Crippen molar-refractivity contribution in [1.82, 2.24) is 9.78 Å². The molecule has 0 amide bonds. The number of rotatable bonds is 7. The van der Waals surface area contributed by atoms with Crippen LogP contribution in [0.4, 0.5) is 4.39 Å². The van der Waals surface area contributed by atoms with E-state index >= 15 is 4.39 Å². The van der Waals surface area contributed by atoms with Crippen LogP contribution in [-0.4, -0.2) is 41.8 Å². The molecule has 1 aliphatic rings. The molecule has 162 valence electrons. The van der Waals surface area contributed by atoms with Gasteiger partial charge in [-0.2, -0.15) is 9.78 Å². The van der Waals surface area contributed by atoms with Crippen LogP contribution in [0.15, 0.2) is 29.1 Å². The van der Waals surface area contributed by atoms with Crippen molar-refractivity contribution in [1.29, 1.82) is 0 Å². The fourth-order valence-electron chi connectivity index (χ4n) is 2.95. The van der Waals surface area contributed by atoms with Crippen LogP contribution in [0, 0.1) is 5.82 Å². The first kappa shape index (κ1) is 22.3. The van der Waals surface area contributed by atoms with Crippen molar-refractivity contribution in [3.8, 4) is 17.2 Å². The van der Waals surface area contributed by atoms with Crippen molar-refractivity contribution < 1.29 is 23.2 Å². The minimum absolute atomic E-state index is 0.00698. The molecule has 1 aromatic carbocycles. The maximum atomic E-state index is 15.2. The van der Waals surface area contributed by atoms with Crippen molar-refractivity contribution in [3.05, 3.63) is 40.4 Å². The molecule has 0 bridgehead atoms. The van der Waals surface area contributed by atoms with Crippen LogP contribution in [0.25, 0.3) is 5.69 Å². The number of nitrogens with zero attached hydrogens (tertiary/aromatic N) is 2. The summed E-state index contributed by atoms with van der Waals surface area (Å²) in [5, 5.41) is 4.33. The quantitative estimate of drug-likeness (QED) is 0.509. The summed E-state index contributed by atoms with van der Waals surface area (Å²) in [4.78, 5) is 12.5. The predicted molar refractivity (Wildman–Crippen MR) is 112 cm³/mol. The van der Waals surface area contributed by atoms with Gasteiger partial charge < -0.3 is 18.8 Å². The third kappa shape index (κ3) is 4.22. The van der Waals surface area contributed by atoms with Gasteiger partial charge in [0.25, 0.3) is 5.56 Å². The Morgan fingerprint density at radius 1 is 1.17 bits per heavy atom. The van der Waals surface area contributed by atoms with Gasteiger partial charge >= 0.3 is 7.12 Å². The van der Waals surface area contributed by atoms with Gasteiger partial charge in [0.15, 0.2) is 11.6 Å². The van der Waals surface area contributed by atoms with Gasteiger partial charge in [0, 0.05) is 18.2 Å². The third-order valence-electron chi connectivity index (χ3n) is 5.53. The van der Waals surface area contributed by atoms with Gasteiger partial charge in [-0.05, 0) is 40.2 Å². The molecule has 1 aromatic heterocycles. The molecule has 3 rings (SSSR count). The lowest BCUT2D eigenvalue weighted by Gasteiger charge is -2.32. The lowest BCUT2D eigenvalue weighted by atomic mass is 9.85. The van der Waals surface area contributed by atoms with Gasteiger partial charge in [-0.15, -0.1) is 0 Å². The van der Waals surface area contributed by atoms with Gasteiger partial charge in [0.05, 0.1) is 30.5 Å². The molecule has 0 N–H and O–H groups in total. The maximum absolute atomic E-state index is 15.2. The Morgan fingerprint density at radius 2 is 1.83 bits per heavy atom. The molecule has 0 radical (unpaired) electrons. The van der Waals surface area contributed by atoms with Crippen LogP contribution >= 0.6 is 0 Å². The van der Waals surface area contributed by atoms with E-state index in [4.69, 9.17) is 18.8 Å². The second kappa shape index (κ2) is 8.39. The fourth-order valence-corrected chi connectivity index (χ4v) is 2.95. The average Bonchev–Trinajstić information content (AvgIpc) is 2.91. The SMILES string of the molecule is CCCCOc1cc(OC)cc(-n2nc(B3OC(C)(C)C(C)(C)O3)ccc2=O)c1F. The Hall–Kier alpha value is -2.39. The summed E-state index contributed by atoms with van der Waals surface area (Å²) in [6, 6.07) is 5.70. The number of hydrogen-bond donors (Lipinski definition) is 0.